The highest BCUT2D eigenvalue weighted by Crippen LogP contribution is 2.13. The number of carbonyl (C=O) groups is 1. The molecule has 19 heavy (non-hydrogen) atoms. The van der Waals surface area contributed by atoms with E-state index in [0.29, 0.717) is 18.8 Å². The fourth-order valence-corrected chi connectivity index (χ4v) is 2.39. The predicted octanol–water partition coefficient (Wildman–Crippen LogP) is 2.90. The highest BCUT2D eigenvalue weighted by molar-refractivity contribution is 9.10. The average molecular weight is 328 g/mol. The van der Waals surface area contributed by atoms with Gasteiger partial charge in [-0.1, -0.05) is 41.9 Å². The third kappa shape index (κ3) is 6.21. The molecule has 4 heteroatoms. The highest BCUT2D eigenvalue weighted by atomic mass is 79.9. The Kier molecular flexibility index (Phi) is 7.10. The van der Waals surface area contributed by atoms with Crippen LogP contribution < -0.4 is 5.32 Å². The summed E-state index contributed by atoms with van der Waals surface area (Å²) in [4.78, 5) is 11.9. The maximum atomic E-state index is 11.9. The molecule has 0 radical (unpaired) electrons. The Hall–Kier alpha value is -0.870. The van der Waals surface area contributed by atoms with E-state index < -0.39 is 0 Å². The number of aliphatic hydroxyl groups is 1. The number of hydrogen-bond donors (Lipinski definition) is 2. The van der Waals surface area contributed by atoms with Gasteiger partial charge in [0.2, 0.25) is 5.91 Å². The Bertz CT molecular complexity index is 407. The van der Waals surface area contributed by atoms with Crippen LogP contribution in [0.2, 0.25) is 0 Å². The Balaban J connectivity index is 2.42. The van der Waals surface area contributed by atoms with Gasteiger partial charge in [-0.25, -0.2) is 0 Å². The molecule has 0 aliphatic rings. The molecular weight excluding hydrogens is 306 g/mol. The van der Waals surface area contributed by atoms with Crippen LogP contribution in [0.15, 0.2) is 28.7 Å². The van der Waals surface area contributed by atoms with Gasteiger partial charge >= 0.3 is 0 Å². The first-order valence-corrected chi connectivity index (χ1v) is 7.47. The van der Waals surface area contributed by atoms with Gasteiger partial charge in [-0.2, -0.15) is 0 Å². The minimum absolute atomic E-state index is 0.0483. The summed E-state index contributed by atoms with van der Waals surface area (Å²) in [5.41, 5.74) is 1.15. The van der Waals surface area contributed by atoms with E-state index in [4.69, 9.17) is 5.11 Å². The molecule has 0 saturated heterocycles. The number of nitrogens with one attached hydrogen (secondary N) is 1. The van der Waals surface area contributed by atoms with Crippen LogP contribution in [0, 0.1) is 5.92 Å². The zero-order chi connectivity index (χ0) is 14.3. The molecule has 0 bridgehead atoms. The van der Waals surface area contributed by atoms with Gasteiger partial charge in [0.05, 0.1) is 0 Å². The largest absolute Gasteiger partial charge is 0.396 e. The Morgan fingerprint density at radius 2 is 2.16 bits per heavy atom. The zero-order valence-corrected chi connectivity index (χ0v) is 13.1. The van der Waals surface area contributed by atoms with Crippen molar-refractivity contribution in [3.05, 3.63) is 34.3 Å². The number of aliphatic hydroxyl groups excluding tert-OH is 1. The smallest absolute Gasteiger partial charge is 0.220 e. The lowest BCUT2D eigenvalue weighted by Crippen LogP contribution is -2.39. The van der Waals surface area contributed by atoms with Crippen LogP contribution in [0.5, 0.6) is 0 Å². The van der Waals surface area contributed by atoms with E-state index in [9.17, 15) is 4.79 Å². The maximum Gasteiger partial charge on any atom is 0.220 e. The number of carbonyl (C=O) groups excluding carboxylic acids is 1. The molecule has 3 nitrogen and oxygen atoms in total. The third-order valence-corrected chi connectivity index (χ3v) is 3.61. The quantitative estimate of drug-likeness (QED) is 0.809. The zero-order valence-electron chi connectivity index (χ0n) is 11.5. The monoisotopic (exact) mass is 327 g/mol. The van der Waals surface area contributed by atoms with E-state index >= 15 is 0 Å². The van der Waals surface area contributed by atoms with Crippen molar-refractivity contribution in [2.75, 3.05) is 6.61 Å². The van der Waals surface area contributed by atoms with E-state index in [1.807, 2.05) is 24.3 Å². The van der Waals surface area contributed by atoms with Gasteiger partial charge in [0, 0.05) is 23.5 Å². The molecule has 0 heterocycles. The molecule has 1 aromatic carbocycles. The minimum Gasteiger partial charge on any atom is -0.396 e. The van der Waals surface area contributed by atoms with Crippen molar-refractivity contribution in [3.8, 4) is 0 Å². The molecule has 2 N–H and O–H groups in total. The van der Waals surface area contributed by atoms with Gasteiger partial charge in [-0.15, -0.1) is 0 Å². The summed E-state index contributed by atoms with van der Waals surface area (Å²) in [5.74, 6) is 0.383. The molecule has 1 aromatic rings. The van der Waals surface area contributed by atoms with Crippen molar-refractivity contribution < 1.29 is 9.90 Å². The molecule has 0 spiro atoms. The summed E-state index contributed by atoms with van der Waals surface area (Å²) < 4.78 is 1.03. The molecule has 0 aromatic heterocycles. The van der Waals surface area contributed by atoms with Crippen LogP contribution in [0.25, 0.3) is 0 Å². The van der Waals surface area contributed by atoms with E-state index in [1.165, 1.54) is 0 Å². The first kappa shape index (κ1) is 16.2. The standard InChI is InChI=1S/C15H22BrNO2/c1-11(2)14(8-9-18)17-15(19)7-6-12-4-3-5-13(16)10-12/h3-5,10-11,14,18H,6-9H2,1-2H3,(H,17,19). The van der Waals surface area contributed by atoms with Crippen molar-refractivity contribution in [2.24, 2.45) is 5.92 Å². The van der Waals surface area contributed by atoms with E-state index in [2.05, 4.69) is 35.1 Å². The average Bonchev–Trinajstić information content (AvgIpc) is 2.36. The van der Waals surface area contributed by atoms with Gasteiger partial charge in [-0.05, 0) is 36.5 Å². The van der Waals surface area contributed by atoms with Gasteiger partial charge in [0.1, 0.15) is 0 Å². The van der Waals surface area contributed by atoms with Crippen LogP contribution in [0.4, 0.5) is 0 Å². The lowest BCUT2D eigenvalue weighted by molar-refractivity contribution is -0.122. The first-order valence-electron chi connectivity index (χ1n) is 6.67. The van der Waals surface area contributed by atoms with Crippen molar-refractivity contribution in [2.45, 2.75) is 39.2 Å². The number of rotatable bonds is 7. The van der Waals surface area contributed by atoms with Crippen LogP contribution in [-0.2, 0) is 11.2 Å². The minimum atomic E-state index is 0.0483. The second kappa shape index (κ2) is 8.33. The van der Waals surface area contributed by atoms with Crippen LogP contribution in [-0.4, -0.2) is 23.7 Å². The van der Waals surface area contributed by atoms with E-state index in [1.54, 1.807) is 0 Å². The second-order valence-corrected chi connectivity index (χ2v) is 5.98. The number of benzene rings is 1. The van der Waals surface area contributed by atoms with E-state index in [-0.39, 0.29) is 18.6 Å². The number of amides is 1. The van der Waals surface area contributed by atoms with Gasteiger partial charge in [-0.3, -0.25) is 4.79 Å². The fourth-order valence-electron chi connectivity index (χ4n) is 1.94. The summed E-state index contributed by atoms with van der Waals surface area (Å²) in [7, 11) is 0. The maximum absolute atomic E-state index is 11.9. The fraction of sp³-hybridized carbons (Fsp3) is 0.533. The molecule has 1 rings (SSSR count). The molecule has 0 saturated carbocycles. The Morgan fingerprint density at radius 3 is 2.74 bits per heavy atom. The van der Waals surface area contributed by atoms with Crippen molar-refractivity contribution in [1.82, 2.24) is 5.32 Å². The Labute approximate surface area is 123 Å². The molecule has 106 valence electrons. The molecule has 1 amide bonds. The molecule has 0 aliphatic heterocycles. The second-order valence-electron chi connectivity index (χ2n) is 5.06. The first-order chi connectivity index (χ1) is 9.02. The summed E-state index contributed by atoms with van der Waals surface area (Å²) in [6.45, 7) is 4.21. The molecular formula is C15H22BrNO2. The van der Waals surface area contributed by atoms with Crippen LogP contribution in [0.1, 0.15) is 32.3 Å². The summed E-state index contributed by atoms with van der Waals surface area (Å²) in [5, 5.41) is 12.0. The number of aryl methyl sites for hydroxylation is 1. The molecule has 0 aliphatic carbocycles. The molecule has 0 fully saturated rings. The number of hydrogen-bond acceptors (Lipinski definition) is 2. The van der Waals surface area contributed by atoms with Crippen molar-refractivity contribution in [1.29, 1.82) is 0 Å². The summed E-state index contributed by atoms with van der Waals surface area (Å²) in [6.07, 6.45) is 1.82. The summed E-state index contributed by atoms with van der Waals surface area (Å²) in [6, 6.07) is 8.05. The third-order valence-electron chi connectivity index (χ3n) is 3.12. The SMILES string of the molecule is CC(C)C(CCO)NC(=O)CCc1cccc(Br)c1. The van der Waals surface area contributed by atoms with Gasteiger partial charge in [0.15, 0.2) is 0 Å². The predicted molar refractivity (Wildman–Crippen MR) is 80.9 cm³/mol. The van der Waals surface area contributed by atoms with Gasteiger partial charge < -0.3 is 10.4 Å². The topological polar surface area (TPSA) is 49.3 Å². The van der Waals surface area contributed by atoms with Crippen LogP contribution >= 0.6 is 15.9 Å². The number of halogens is 1. The lowest BCUT2D eigenvalue weighted by Gasteiger charge is -2.21. The van der Waals surface area contributed by atoms with Crippen LogP contribution in [0.3, 0.4) is 0 Å². The Morgan fingerprint density at radius 1 is 1.42 bits per heavy atom. The van der Waals surface area contributed by atoms with E-state index in [0.717, 1.165) is 16.5 Å². The molecule has 1 atom stereocenters. The van der Waals surface area contributed by atoms with Gasteiger partial charge in [0.25, 0.3) is 0 Å². The molecule has 1 unspecified atom stereocenters. The van der Waals surface area contributed by atoms with Crippen molar-refractivity contribution in [3.63, 3.8) is 0 Å². The van der Waals surface area contributed by atoms with Crippen molar-refractivity contribution >= 4 is 21.8 Å². The summed E-state index contributed by atoms with van der Waals surface area (Å²) >= 11 is 3.42. The normalized spacial score (nSPS) is 12.5. The lowest BCUT2D eigenvalue weighted by atomic mass is 10.0. The highest BCUT2D eigenvalue weighted by Gasteiger charge is 2.15.